The van der Waals surface area contributed by atoms with Crippen molar-refractivity contribution in [2.45, 2.75) is 25.8 Å². The van der Waals surface area contributed by atoms with Gasteiger partial charge in [-0.15, -0.1) is 5.10 Å². The number of aromatic nitrogens is 3. The number of carbonyl (C=O) groups is 2. The SMILES string of the molecule is COc1ccc2c(C#N)c(-c3nncc(-c4cc(C)cc(F)c4)c3N3CCC(N4C(=O)c5ccccc5C4=O)CC3)[nH]c2c1. The first-order chi connectivity index (χ1) is 21.4. The topological polar surface area (TPSA) is 115 Å². The molecule has 2 aliphatic rings. The number of ether oxygens (including phenoxy) is 1. The molecule has 2 aliphatic heterocycles. The highest BCUT2D eigenvalue weighted by Crippen LogP contribution is 2.42. The zero-order valence-electron chi connectivity index (χ0n) is 24.1. The Labute approximate surface area is 252 Å². The predicted octanol–water partition coefficient (Wildman–Crippen LogP) is 5.88. The van der Waals surface area contributed by atoms with E-state index in [0.29, 0.717) is 87.5 Å². The van der Waals surface area contributed by atoms with E-state index in [4.69, 9.17) is 4.74 Å². The van der Waals surface area contributed by atoms with Gasteiger partial charge >= 0.3 is 0 Å². The summed E-state index contributed by atoms with van der Waals surface area (Å²) in [4.78, 5) is 33.3. The van der Waals surface area contributed by atoms with Crippen LogP contribution in [0.2, 0.25) is 0 Å². The van der Waals surface area contributed by atoms with E-state index in [1.54, 1.807) is 43.6 Å². The molecule has 10 heteroatoms. The van der Waals surface area contributed by atoms with Crippen molar-refractivity contribution in [1.29, 1.82) is 5.26 Å². The third-order valence-corrected chi connectivity index (χ3v) is 8.50. The van der Waals surface area contributed by atoms with Gasteiger partial charge in [0.15, 0.2) is 0 Å². The van der Waals surface area contributed by atoms with Gasteiger partial charge in [0.1, 0.15) is 23.3 Å². The molecule has 0 atom stereocenters. The summed E-state index contributed by atoms with van der Waals surface area (Å²) in [7, 11) is 1.58. The zero-order chi connectivity index (χ0) is 30.5. The van der Waals surface area contributed by atoms with Gasteiger partial charge in [-0.1, -0.05) is 18.2 Å². The van der Waals surface area contributed by atoms with Gasteiger partial charge in [-0.25, -0.2) is 4.39 Å². The molecule has 0 aliphatic carbocycles. The summed E-state index contributed by atoms with van der Waals surface area (Å²) in [6.07, 6.45) is 2.68. The van der Waals surface area contributed by atoms with Gasteiger partial charge in [0.25, 0.3) is 11.8 Å². The lowest BCUT2D eigenvalue weighted by molar-refractivity contribution is 0.0561. The summed E-state index contributed by atoms with van der Waals surface area (Å²) in [5, 5.41) is 19.8. The van der Waals surface area contributed by atoms with E-state index >= 15 is 0 Å². The van der Waals surface area contributed by atoms with Gasteiger partial charge in [0.05, 0.1) is 46.9 Å². The number of rotatable bonds is 5. The number of fused-ring (bicyclic) bond motifs is 2. The van der Waals surface area contributed by atoms with Gasteiger partial charge in [0.2, 0.25) is 0 Å². The van der Waals surface area contributed by atoms with Crippen LogP contribution in [0.15, 0.2) is 66.9 Å². The lowest BCUT2D eigenvalue weighted by atomic mass is 9.97. The lowest BCUT2D eigenvalue weighted by Gasteiger charge is -2.38. The molecule has 4 heterocycles. The second-order valence-electron chi connectivity index (χ2n) is 11.1. The average molecular weight is 587 g/mol. The minimum absolute atomic E-state index is 0.265. The van der Waals surface area contributed by atoms with Crippen LogP contribution in [0.1, 0.15) is 44.7 Å². The van der Waals surface area contributed by atoms with Gasteiger partial charge < -0.3 is 14.6 Å². The molecule has 1 saturated heterocycles. The molecule has 2 amide bonds. The van der Waals surface area contributed by atoms with Crippen molar-refractivity contribution in [3.8, 4) is 34.3 Å². The molecule has 1 N–H and O–H groups in total. The molecule has 0 spiro atoms. The van der Waals surface area contributed by atoms with Gasteiger partial charge in [-0.3, -0.25) is 14.5 Å². The van der Waals surface area contributed by atoms with Crippen molar-refractivity contribution >= 4 is 28.4 Å². The number of halogens is 1. The fourth-order valence-electron chi connectivity index (χ4n) is 6.46. The molecule has 5 aromatic rings. The smallest absolute Gasteiger partial charge is 0.261 e. The molecular weight excluding hydrogens is 559 g/mol. The van der Waals surface area contributed by atoms with Crippen molar-refractivity contribution < 1.29 is 18.7 Å². The van der Waals surface area contributed by atoms with E-state index in [1.807, 2.05) is 25.1 Å². The fraction of sp³-hybridized carbons (Fsp3) is 0.206. The Bertz CT molecular complexity index is 1970. The molecule has 3 aromatic carbocycles. The normalized spacial score (nSPS) is 15.1. The number of carbonyl (C=O) groups excluding carboxylic acids is 2. The van der Waals surface area contributed by atoms with Crippen molar-refractivity contribution in [3.63, 3.8) is 0 Å². The number of nitriles is 1. The molecule has 1 fully saturated rings. The molecule has 0 unspecified atom stereocenters. The number of anilines is 1. The van der Waals surface area contributed by atoms with Crippen LogP contribution in [0, 0.1) is 24.1 Å². The number of aryl methyl sites for hydroxylation is 1. The fourth-order valence-corrected chi connectivity index (χ4v) is 6.46. The average Bonchev–Trinajstić information content (AvgIpc) is 3.53. The Balaban J connectivity index is 1.32. The standard InChI is InChI=1S/C34H27FN6O3/c1-19-13-20(15-21(35)14-19)28-18-37-39-31(30-27(17-36)24-8-7-23(44-2)16-29(24)38-30)32(28)40-11-9-22(10-12-40)41-33(42)25-5-3-4-6-26(25)34(41)43/h3-8,13-16,18,22,38H,9-12H2,1-2H3. The van der Waals surface area contributed by atoms with Crippen LogP contribution in [-0.4, -0.2) is 58.1 Å². The van der Waals surface area contributed by atoms with Crippen LogP contribution < -0.4 is 9.64 Å². The highest BCUT2D eigenvalue weighted by atomic mass is 19.1. The van der Waals surface area contributed by atoms with E-state index in [9.17, 15) is 19.2 Å². The van der Waals surface area contributed by atoms with Crippen LogP contribution >= 0.6 is 0 Å². The Morgan fingerprint density at radius 1 is 1.00 bits per heavy atom. The zero-order valence-corrected chi connectivity index (χ0v) is 24.1. The Morgan fingerprint density at radius 3 is 2.39 bits per heavy atom. The van der Waals surface area contributed by atoms with Crippen LogP contribution in [0.25, 0.3) is 33.4 Å². The number of nitrogens with zero attached hydrogens (tertiary/aromatic N) is 5. The summed E-state index contributed by atoms with van der Waals surface area (Å²) >= 11 is 0. The molecule has 7 rings (SSSR count). The van der Waals surface area contributed by atoms with Crippen molar-refractivity contribution in [2.24, 2.45) is 0 Å². The first-order valence-corrected chi connectivity index (χ1v) is 14.3. The molecule has 0 saturated carbocycles. The van der Waals surface area contributed by atoms with Gasteiger partial charge in [0, 0.05) is 36.1 Å². The number of hydrogen-bond acceptors (Lipinski definition) is 7. The van der Waals surface area contributed by atoms with Gasteiger partial charge in [-0.05, 0) is 67.3 Å². The Morgan fingerprint density at radius 2 is 1.73 bits per heavy atom. The maximum atomic E-state index is 14.7. The third kappa shape index (κ3) is 4.36. The minimum atomic E-state index is -0.371. The number of methoxy groups -OCH3 is 1. The molecule has 0 radical (unpaired) electrons. The quantitative estimate of drug-likeness (QED) is 0.256. The first-order valence-electron chi connectivity index (χ1n) is 14.3. The summed E-state index contributed by atoms with van der Waals surface area (Å²) in [5.74, 6) is -0.263. The summed E-state index contributed by atoms with van der Waals surface area (Å²) in [6, 6.07) is 19.2. The molecule has 9 nitrogen and oxygen atoms in total. The summed E-state index contributed by atoms with van der Waals surface area (Å²) in [6.45, 7) is 2.82. The monoisotopic (exact) mass is 586 g/mol. The summed E-state index contributed by atoms with van der Waals surface area (Å²) in [5.41, 5.74) is 5.68. The molecule has 44 heavy (non-hydrogen) atoms. The van der Waals surface area contributed by atoms with Gasteiger partial charge in [-0.2, -0.15) is 10.4 Å². The van der Waals surface area contributed by atoms with Crippen molar-refractivity contribution in [2.75, 3.05) is 25.1 Å². The molecular formula is C34H27FN6O3. The third-order valence-electron chi connectivity index (χ3n) is 8.50. The van der Waals surface area contributed by atoms with Crippen LogP contribution in [0.5, 0.6) is 5.75 Å². The number of nitrogens with one attached hydrogen (secondary N) is 1. The van der Waals surface area contributed by atoms with E-state index in [1.165, 1.54) is 17.0 Å². The van der Waals surface area contributed by atoms with Crippen molar-refractivity contribution in [3.05, 3.63) is 94.9 Å². The van der Waals surface area contributed by atoms with Crippen LogP contribution in [0.3, 0.4) is 0 Å². The second kappa shape index (κ2) is 10.6. The second-order valence-corrected chi connectivity index (χ2v) is 11.1. The minimum Gasteiger partial charge on any atom is -0.497 e. The predicted molar refractivity (Wildman–Crippen MR) is 163 cm³/mol. The van der Waals surface area contributed by atoms with E-state index in [-0.39, 0.29) is 23.7 Å². The number of hydrogen-bond donors (Lipinski definition) is 1. The van der Waals surface area contributed by atoms with Crippen molar-refractivity contribution in [1.82, 2.24) is 20.1 Å². The molecule has 218 valence electrons. The number of amides is 2. The van der Waals surface area contributed by atoms with Crippen LogP contribution in [-0.2, 0) is 0 Å². The van der Waals surface area contributed by atoms with Crippen LogP contribution in [0.4, 0.5) is 10.1 Å². The number of aromatic amines is 1. The highest BCUT2D eigenvalue weighted by molar-refractivity contribution is 6.21. The van der Waals surface area contributed by atoms with E-state index in [0.717, 1.165) is 5.56 Å². The Hall–Kier alpha value is -5.56. The number of benzene rings is 3. The molecule has 2 aromatic heterocycles. The largest absolute Gasteiger partial charge is 0.497 e. The maximum Gasteiger partial charge on any atom is 0.261 e. The van der Waals surface area contributed by atoms with E-state index < -0.39 is 0 Å². The number of piperidine rings is 1. The summed E-state index contributed by atoms with van der Waals surface area (Å²) < 4.78 is 20.1. The maximum absolute atomic E-state index is 14.7. The molecule has 0 bridgehead atoms. The highest BCUT2D eigenvalue weighted by Gasteiger charge is 2.41. The number of H-pyrrole nitrogens is 1. The van der Waals surface area contributed by atoms with E-state index in [2.05, 4.69) is 26.2 Å². The number of imide groups is 1. The first kappa shape index (κ1) is 27.3. The Kier molecular flexibility index (Phi) is 6.58. The lowest BCUT2D eigenvalue weighted by Crippen LogP contribution is -2.47.